The third-order valence-electron chi connectivity index (χ3n) is 1.91. The molecule has 0 saturated heterocycles. The Bertz CT molecular complexity index is 106. The third kappa shape index (κ3) is 2.48. The Morgan fingerprint density at radius 2 is 1.80 bits per heavy atom. The Kier molecular flexibility index (Phi) is 4.28. The average molecular weight is 144 g/mol. The summed E-state index contributed by atoms with van der Waals surface area (Å²) < 4.78 is 0. The lowest BCUT2D eigenvalue weighted by molar-refractivity contribution is -0.127. The Hall–Kier alpha value is -0.370. The van der Waals surface area contributed by atoms with Crippen LogP contribution in [0.3, 0.4) is 0 Å². The van der Waals surface area contributed by atoms with E-state index in [0.717, 1.165) is 12.8 Å². The Balaban J connectivity index is 3.88. The van der Waals surface area contributed by atoms with Crippen LogP contribution in [0.2, 0.25) is 0 Å². The second-order valence-corrected chi connectivity index (χ2v) is 2.63. The van der Waals surface area contributed by atoms with Gasteiger partial charge in [-0.2, -0.15) is 0 Å². The number of aliphatic hydroxyl groups is 1. The molecule has 0 aliphatic carbocycles. The SMILES string of the molecule is CCC(CC)C(O)C(C)=O. The molecule has 60 valence electrons. The van der Waals surface area contributed by atoms with Crippen molar-refractivity contribution in [2.75, 3.05) is 0 Å². The molecule has 1 unspecified atom stereocenters. The first-order valence-corrected chi connectivity index (χ1v) is 3.82. The molecule has 0 heterocycles. The van der Waals surface area contributed by atoms with Crippen molar-refractivity contribution in [1.82, 2.24) is 0 Å². The molecule has 0 aliphatic rings. The number of carbonyl (C=O) groups excluding carboxylic acids is 1. The lowest BCUT2D eigenvalue weighted by Crippen LogP contribution is -2.26. The maximum absolute atomic E-state index is 10.7. The fourth-order valence-electron chi connectivity index (χ4n) is 1.07. The molecule has 2 nitrogen and oxygen atoms in total. The zero-order chi connectivity index (χ0) is 8.15. The second-order valence-electron chi connectivity index (χ2n) is 2.63. The molecule has 2 heteroatoms. The van der Waals surface area contributed by atoms with Crippen LogP contribution in [0.5, 0.6) is 0 Å². The fraction of sp³-hybridized carbons (Fsp3) is 0.875. The van der Waals surface area contributed by atoms with E-state index in [4.69, 9.17) is 0 Å². The van der Waals surface area contributed by atoms with Gasteiger partial charge in [0.05, 0.1) is 0 Å². The summed E-state index contributed by atoms with van der Waals surface area (Å²) in [5.74, 6) is 0.0335. The van der Waals surface area contributed by atoms with Crippen LogP contribution in [0, 0.1) is 5.92 Å². The van der Waals surface area contributed by atoms with E-state index in [1.54, 1.807) is 0 Å². The summed E-state index contributed by atoms with van der Waals surface area (Å²) in [6, 6.07) is 0. The molecule has 0 aliphatic heterocycles. The Labute approximate surface area is 62.2 Å². The zero-order valence-corrected chi connectivity index (χ0v) is 6.92. The van der Waals surface area contributed by atoms with Crippen molar-refractivity contribution in [2.45, 2.75) is 39.7 Å². The quantitative estimate of drug-likeness (QED) is 0.647. The van der Waals surface area contributed by atoms with Crippen LogP contribution in [-0.2, 0) is 4.79 Å². The van der Waals surface area contributed by atoms with Crippen molar-refractivity contribution in [1.29, 1.82) is 0 Å². The van der Waals surface area contributed by atoms with E-state index >= 15 is 0 Å². The molecule has 0 amide bonds. The first-order valence-electron chi connectivity index (χ1n) is 3.82. The molecule has 0 saturated carbocycles. The molecule has 0 aromatic heterocycles. The third-order valence-corrected chi connectivity index (χ3v) is 1.91. The molecular weight excluding hydrogens is 128 g/mol. The summed E-state index contributed by atoms with van der Waals surface area (Å²) in [6.07, 6.45) is 1.00. The van der Waals surface area contributed by atoms with Crippen molar-refractivity contribution in [3.63, 3.8) is 0 Å². The van der Waals surface area contributed by atoms with Crippen LogP contribution < -0.4 is 0 Å². The maximum atomic E-state index is 10.7. The van der Waals surface area contributed by atoms with Crippen LogP contribution in [0.1, 0.15) is 33.6 Å². The lowest BCUT2D eigenvalue weighted by atomic mass is 9.94. The monoisotopic (exact) mass is 144 g/mol. The van der Waals surface area contributed by atoms with Gasteiger partial charge in [-0.15, -0.1) is 0 Å². The average Bonchev–Trinajstić information content (AvgIpc) is 1.90. The summed E-state index contributed by atoms with van der Waals surface area (Å²) >= 11 is 0. The van der Waals surface area contributed by atoms with E-state index in [-0.39, 0.29) is 11.7 Å². The minimum absolute atomic E-state index is 0.117. The molecule has 0 rings (SSSR count). The zero-order valence-electron chi connectivity index (χ0n) is 6.92. The topological polar surface area (TPSA) is 37.3 Å². The van der Waals surface area contributed by atoms with Crippen LogP contribution in [0.15, 0.2) is 0 Å². The summed E-state index contributed by atoms with van der Waals surface area (Å²) in [6.45, 7) is 5.41. The molecule has 0 radical (unpaired) electrons. The number of aliphatic hydroxyl groups excluding tert-OH is 1. The molecule has 0 spiro atoms. The maximum Gasteiger partial charge on any atom is 0.158 e. The largest absolute Gasteiger partial charge is 0.385 e. The lowest BCUT2D eigenvalue weighted by Gasteiger charge is -2.16. The van der Waals surface area contributed by atoms with Gasteiger partial charge in [-0.05, 0) is 12.8 Å². The van der Waals surface area contributed by atoms with Gasteiger partial charge in [-0.25, -0.2) is 0 Å². The Morgan fingerprint density at radius 3 is 1.90 bits per heavy atom. The van der Waals surface area contributed by atoms with Gasteiger partial charge in [0.2, 0.25) is 0 Å². The highest BCUT2D eigenvalue weighted by molar-refractivity contribution is 5.80. The van der Waals surface area contributed by atoms with Crippen molar-refractivity contribution >= 4 is 5.78 Å². The van der Waals surface area contributed by atoms with E-state index < -0.39 is 6.10 Å². The standard InChI is InChI=1S/C8H16O2/c1-4-7(5-2)8(10)6(3)9/h7-8,10H,4-5H2,1-3H3. The first kappa shape index (κ1) is 9.63. The van der Waals surface area contributed by atoms with Gasteiger partial charge in [-0.1, -0.05) is 26.7 Å². The first-order chi connectivity index (χ1) is 4.63. The second kappa shape index (κ2) is 4.45. The molecule has 1 N–H and O–H groups in total. The van der Waals surface area contributed by atoms with Gasteiger partial charge in [0, 0.05) is 0 Å². The number of rotatable bonds is 4. The summed E-state index contributed by atoms with van der Waals surface area (Å²) in [7, 11) is 0. The van der Waals surface area contributed by atoms with Gasteiger partial charge >= 0.3 is 0 Å². The minimum atomic E-state index is -0.741. The van der Waals surface area contributed by atoms with Gasteiger partial charge in [0.15, 0.2) is 5.78 Å². The molecule has 1 atom stereocenters. The normalized spacial score (nSPS) is 13.7. The minimum Gasteiger partial charge on any atom is -0.385 e. The number of Topliss-reactive ketones (excluding diaryl/α,β-unsaturated/α-hetero) is 1. The number of hydrogen-bond acceptors (Lipinski definition) is 2. The highest BCUT2D eigenvalue weighted by Gasteiger charge is 2.18. The summed E-state index contributed by atoms with van der Waals surface area (Å²) in [5.41, 5.74) is 0. The van der Waals surface area contributed by atoms with Crippen LogP contribution in [0.4, 0.5) is 0 Å². The van der Waals surface area contributed by atoms with Gasteiger partial charge in [-0.3, -0.25) is 4.79 Å². The van der Waals surface area contributed by atoms with Crippen molar-refractivity contribution in [3.05, 3.63) is 0 Å². The van der Waals surface area contributed by atoms with Crippen molar-refractivity contribution in [2.24, 2.45) is 5.92 Å². The van der Waals surface area contributed by atoms with Gasteiger partial charge in [0.25, 0.3) is 0 Å². The van der Waals surface area contributed by atoms with Gasteiger partial charge in [0.1, 0.15) is 6.10 Å². The highest BCUT2D eigenvalue weighted by atomic mass is 16.3. The molecule has 0 aromatic rings. The fourth-order valence-corrected chi connectivity index (χ4v) is 1.07. The van der Waals surface area contributed by atoms with Gasteiger partial charge < -0.3 is 5.11 Å². The van der Waals surface area contributed by atoms with Crippen LogP contribution in [-0.4, -0.2) is 17.0 Å². The number of ketones is 1. The number of hydrogen-bond donors (Lipinski definition) is 1. The van der Waals surface area contributed by atoms with Crippen LogP contribution in [0.25, 0.3) is 0 Å². The summed E-state index contributed by atoms with van der Waals surface area (Å²) in [4.78, 5) is 10.7. The highest BCUT2D eigenvalue weighted by Crippen LogP contribution is 2.13. The van der Waals surface area contributed by atoms with E-state index in [1.165, 1.54) is 6.92 Å². The molecule has 0 fully saturated rings. The van der Waals surface area contributed by atoms with E-state index in [9.17, 15) is 9.90 Å². The smallest absolute Gasteiger partial charge is 0.158 e. The molecule has 10 heavy (non-hydrogen) atoms. The Morgan fingerprint density at radius 1 is 1.40 bits per heavy atom. The van der Waals surface area contributed by atoms with Crippen LogP contribution >= 0.6 is 0 Å². The molecule has 0 aromatic carbocycles. The number of carbonyl (C=O) groups is 1. The predicted molar refractivity (Wildman–Crippen MR) is 40.8 cm³/mol. The molecule has 0 bridgehead atoms. The summed E-state index contributed by atoms with van der Waals surface area (Å²) in [5, 5.41) is 9.24. The van der Waals surface area contributed by atoms with E-state index in [2.05, 4.69) is 0 Å². The van der Waals surface area contributed by atoms with Crippen molar-refractivity contribution < 1.29 is 9.90 Å². The molecular formula is C8H16O2. The predicted octanol–water partition coefficient (Wildman–Crippen LogP) is 1.37. The van der Waals surface area contributed by atoms with Crippen molar-refractivity contribution in [3.8, 4) is 0 Å². The van der Waals surface area contributed by atoms with E-state index in [0.29, 0.717) is 0 Å². The van der Waals surface area contributed by atoms with E-state index in [1.807, 2.05) is 13.8 Å².